The largest absolute Gasteiger partial charge is 0.481 e. The number of carbonyl (C=O) groups is 2. The zero-order valence-corrected chi connectivity index (χ0v) is 11.4. The highest BCUT2D eigenvalue weighted by Crippen LogP contribution is 2.20. The molecular formula is C15H19NO4. The lowest BCUT2D eigenvalue weighted by molar-refractivity contribution is -0.137. The zero-order valence-electron chi connectivity index (χ0n) is 11.4. The quantitative estimate of drug-likeness (QED) is 0.807. The average molecular weight is 277 g/mol. The van der Waals surface area contributed by atoms with Gasteiger partial charge in [-0.1, -0.05) is 6.42 Å². The number of unbranched alkanes of at least 4 members (excludes halogenated alkanes) is 2. The molecule has 1 heterocycles. The number of Topliss-reactive ketones (excluding diaryl/α,β-unsaturated/α-hetero) is 1. The molecule has 5 heteroatoms. The Morgan fingerprint density at radius 3 is 2.70 bits per heavy atom. The van der Waals surface area contributed by atoms with Crippen molar-refractivity contribution in [3.63, 3.8) is 0 Å². The number of hydrogen-bond acceptors (Lipinski definition) is 3. The summed E-state index contributed by atoms with van der Waals surface area (Å²) in [6.45, 7) is 0.564. The van der Waals surface area contributed by atoms with Crippen LogP contribution in [-0.4, -0.2) is 21.4 Å². The second-order valence-electron chi connectivity index (χ2n) is 5.16. The number of fused-ring (bicyclic) bond motifs is 1. The highest BCUT2D eigenvalue weighted by atomic mass is 16.4. The Kier molecular flexibility index (Phi) is 4.71. The third-order valence-electron chi connectivity index (χ3n) is 3.69. The fourth-order valence-corrected chi connectivity index (χ4v) is 2.66. The molecule has 20 heavy (non-hydrogen) atoms. The minimum Gasteiger partial charge on any atom is -0.481 e. The summed E-state index contributed by atoms with van der Waals surface area (Å²) in [7, 11) is 0. The van der Waals surface area contributed by atoms with Crippen LogP contribution in [0.25, 0.3) is 0 Å². The molecule has 0 bridgehead atoms. The molecule has 5 nitrogen and oxygen atoms in total. The van der Waals surface area contributed by atoms with E-state index >= 15 is 0 Å². The van der Waals surface area contributed by atoms with Crippen molar-refractivity contribution in [2.45, 2.75) is 51.5 Å². The van der Waals surface area contributed by atoms with Crippen molar-refractivity contribution >= 4 is 11.8 Å². The summed E-state index contributed by atoms with van der Waals surface area (Å²) in [6.07, 6.45) is 4.46. The van der Waals surface area contributed by atoms with Crippen LogP contribution in [0.15, 0.2) is 16.9 Å². The number of carboxylic acids is 1. The van der Waals surface area contributed by atoms with Crippen LogP contribution in [0.4, 0.5) is 0 Å². The summed E-state index contributed by atoms with van der Waals surface area (Å²) in [5, 5.41) is 8.57. The van der Waals surface area contributed by atoms with E-state index in [0.717, 1.165) is 31.4 Å². The zero-order chi connectivity index (χ0) is 14.5. The third kappa shape index (κ3) is 3.35. The molecule has 0 spiro atoms. The molecule has 0 fully saturated rings. The van der Waals surface area contributed by atoms with E-state index < -0.39 is 5.97 Å². The highest BCUT2D eigenvalue weighted by molar-refractivity contribution is 5.97. The molecule has 0 saturated carbocycles. The fourth-order valence-electron chi connectivity index (χ4n) is 2.66. The summed E-state index contributed by atoms with van der Waals surface area (Å²) < 4.78 is 1.69. The van der Waals surface area contributed by atoms with Gasteiger partial charge >= 0.3 is 5.97 Å². The van der Waals surface area contributed by atoms with Crippen molar-refractivity contribution in [3.8, 4) is 0 Å². The minimum atomic E-state index is -0.787. The van der Waals surface area contributed by atoms with E-state index in [4.69, 9.17) is 5.11 Å². The Morgan fingerprint density at radius 2 is 1.95 bits per heavy atom. The molecule has 0 amide bonds. The normalized spacial score (nSPS) is 14.1. The van der Waals surface area contributed by atoms with E-state index in [0.29, 0.717) is 24.9 Å². The number of carboxylic acid groups (broad SMARTS) is 1. The molecule has 0 atom stereocenters. The monoisotopic (exact) mass is 277 g/mol. The Morgan fingerprint density at radius 1 is 1.15 bits per heavy atom. The first kappa shape index (κ1) is 14.5. The number of aromatic nitrogens is 1. The van der Waals surface area contributed by atoms with E-state index in [2.05, 4.69) is 0 Å². The van der Waals surface area contributed by atoms with Gasteiger partial charge in [-0.15, -0.1) is 0 Å². The molecule has 1 aromatic heterocycles. The summed E-state index contributed by atoms with van der Waals surface area (Å²) in [5.41, 5.74) is 1.46. The van der Waals surface area contributed by atoms with E-state index in [1.807, 2.05) is 0 Å². The first-order chi connectivity index (χ1) is 9.59. The van der Waals surface area contributed by atoms with Gasteiger partial charge in [-0.05, 0) is 31.7 Å². The maximum Gasteiger partial charge on any atom is 0.303 e. The molecule has 0 aromatic carbocycles. The van der Waals surface area contributed by atoms with E-state index in [1.165, 1.54) is 6.07 Å². The standard InChI is InChI=1S/C15H19NO4/c17-13-6-4-5-12-11(13)8-9-14(18)16(12)10-3-1-2-7-15(19)20/h8-9H,1-7,10H2,(H,19,20). The van der Waals surface area contributed by atoms with Crippen LogP contribution < -0.4 is 5.56 Å². The van der Waals surface area contributed by atoms with Crippen molar-refractivity contribution in [3.05, 3.63) is 33.7 Å². The van der Waals surface area contributed by atoms with Gasteiger partial charge in [0.15, 0.2) is 5.78 Å². The van der Waals surface area contributed by atoms with Gasteiger partial charge in [-0.2, -0.15) is 0 Å². The highest BCUT2D eigenvalue weighted by Gasteiger charge is 2.20. The number of nitrogens with zero attached hydrogens (tertiary/aromatic N) is 1. The second-order valence-corrected chi connectivity index (χ2v) is 5.16. The fraction of sp³-hybridized carbons (Fsp3) is 0.533. The summed E-state index contributed by atoms with van der Waals surface area (Å²) in [5.74, 6) is -0.671. The Bertz CT molecular complexity index is 574. The molecule has 1 aliphatic carbocycles. The Balaban J connectivity index is 2.04. The number of pyridine rings is 1. The van der Waals surface area contributed by atoms with Gasteiger partial charge in [-0.3, -0.25) is 14.4 Å². The molecule has 1 N–H and O–H groups in total. The molecule has 0 unspecified atom stereocenters. The SMILES string of the molecule is O=C(O)CCCCCn1c2c(ccc1=O)C(=O)CCC2. The molecule has 2 rings (SSSR count). The number of rotatable bonds is 6. The Labute approximate surface area is 117 Å². The maximum atomic E-state index is 11.9. The molecule has 0 radical (unpaired) electrons. The molecule has 1 aliphatic rings. The van der Waals surface area contributed by atoms with Crippen LogP contribution in [-0.2, 0) is 17.8 Å². The number of carbonyl (C=O) groups excluding carboxylic acids is 1. The minimum absolute atomic E-state index is 0.0725. The van der Waals surface area contributed by atoms with Gasteiger partial charge < -0.3 is 9.67 Å². The van der Waals surface area contributed by atoms with Crippen molar-refractivity contribution < 1.29 is 14.7 Å². The lowest BCUT2D eigenvalue weighted by Gasteiger charge is -2.19. The third-order valence-corrected chi connectivity index (χ3v) is 3.69. The average Bonchev–Trinajstić information content (AvgIpc) is 2.40. The maximum absolute atomic E-state index is 11.9. The van der Waals surface area contributed by atoms with Crippen molar-refractivity contribution in [2.75, 3.05) is 0 Å². The van der Waals surface area contributed by atoms with Crippen LogP contribution in [0.3, 0.4) is 0 Å². The summed E-state index contributed by atoms with van der Waals surface area (Å²) >= 11 is 0. The first-order valence-electron chi connectivity index (χ1n) is 7.07. The van der Waals surface area contributed by atoms with Crippen LogP contribution in [0.5, 0.6) is 0 Å². The lowest BCUT2D eigenvalue weighted by Crippen LogP contribution is -2.28. The molecule has 0 saturated heterocycles. The van der Waals surface area contributed by atoms with Gasteiger partial charge in [0.25, 0.3) is 5.56 Å². The van der Waals surface area contributed by atoms with E-state index in [9.17, 15) is 14.4 Å². The second kappa shape index (κ2) is 6.50. The Hall–Kier alpha value is -1.91. The predicted octanol–water partition coefficient (Wildman–Crippen LogP) is 2.01. The smallest absolute Gasteiger partial charge is 0.303 e. The van der Waals surface area contributed by atoms with Gasteiger partial charge in [0.1, 0.15) is 0 Å². The van der Waals surface area contributed by atoms with E-state index in [1.54, 1.807) is 10.6 Å². The van der Waals surface area contributed by atoms with Gasteiger partial charge in [-0.25, -0.2) is 0 Å². The van der Waals surface area contributed by atoms with Gasteiger partial charge in [0, 0.05) is 36.7 Å². The lowest BCUT2D eigenvalue weighted by atomic mass is 9.94. The van der Waals surface area contributed by atoms with Crippen molar-refractivity contribution in [1.82, 2.24) is 4.57 Å². The van der Waals surface area contributed by atoms with Gasteiger partial charge in [0.05, 0.1) is 0 Å². The number of aliphatic carboxylic acids is 1. The van der Waals surface area contributed by atoms with Crippen LogP contribution in [0.2, 0.25) is 0 Å². The van der Waals surface area contributed by atoms with Crippen LogP contribution in [0, 0.1) is 0 Å². The van der Waals surface area contributed by atoms with Gasteiger partial charge in [0.2, 0.25) is 0 Å². The molecule has 108 valence electrons. The first-order valence-corrected chi connectivity index (χ1v) is 7.07. The van der Waals surface area contributed by atoms with Crippen LogP contribution >= 0.6 is 0 Å². The predicted molar refractivity (Wildman–Crippen MR) is 74.1 cm³/mol. The molecular weight excluding hydrogens is 258 g/mol. The molecule has 0 aliphatic heterocycles. The number of ketones is 1. The summed E-state index contributed by atoms with van der Waals surface area (Å²) in [6, 6.07) is 3.10. The topological polar surface area (TPSA) is 76.4 Å². The number of hydrogen-bond donors (Lipinski definition) is 1. The van der Waals surface area contributed by atoms with Crippen molar-refractivity contribution in [1.29, 1.82) is 0 Å². The molecule has 1 aromatic rings. The van der Waals surface area contributed by atoms with Crippen LogP contribution in [0.1, 0.15) is 54.6 Å². The van der Waals surface area contributed by atoms with Crippen molar-refractivity contribution in [2.24, 2.45) is 0 Å². The summed E-state index contributed by atoms with van der Waals surface area (Å²) in [4.78, 5) is 34.2. The van der Waals surface area contributed by atoms with E-state index in [-0.39, 0.29) is 17.8 Å².